The van der Waals surface area contributed by atoms with E-state index in [1.165, 1.54) is 12.1 Å². The first-order valence-corrected chi connectivity index (χ1v) is 9.46. The maximum atomic E-state index is 12.6. The molecule has 0 spiro atoms. The Kier molecular flexibility index (Phi) is 8.77. The van der Waals surface area contributed by atoms with E-state index in [1.807, 2.05) is 37.4 Å². The zero-order chi connectivity index (χ0) is 22.0. The fourth-order valence-electron chi connectivity index (χ4n) is 2.89. The molecular weight excluding hydrogens is 391 g/mol. The molecule has 30 heavy (non-hydrogen) atoms. The molecule has 0 amide bonds. The first-order valence-electron chi connectivity index (χ1n) is 9.46. The third-order valence-electron chi connectivity index (χ3n) is 4.40. The Hall–Kier alpha value is -2.96. The fourth-order valence-corrected chi connectivity index (χ4v) is 2.89. The van der Waals surface area contributed by atoms with E-state index in [-0.39, 0.29) is 6.61 Å². The summed E-state index contributed by atoms with van der Waals surface area (Å²) in [7, 11) is 1.91. The summed E-state index contributed by atoms with van der Waals surface area (Å²) in [6.07, 6.45) is 1.13. The molecule has 0 heterocycles. The lowest BCUT2D eigenvalue weighted by Gasteiger charge is -2.10. The number of halogens is 3. The van der Waals surface area contributed by atoms with Crippen LogP contribution in [0.25, 0.3) is 21.9 Å². The number of aldehydes is 1. The van der Waals surface area contributed by atoms with Crippen molar-refractivity contribution >= 4 is 17.1 Å². The number of fused-ring (bicyclic) bond motifs is 1. The van der Waals surface area contributed by atoms with Crippen molar-refractivity contribution in [2.75, 3.05) is 20.2 Å². The Bertz CT molecular complexity index is 980. The molecule has 3 rings (SSSR count). The van der Waals surface area contributed by atoms with Gasteiger partial charge in [0.05, 0.1) is 12.2 Å². The van der Waals surface area contributed by atoms with Gasteiger partial charge >= 0.3 is 6.18 Å². The van der Waals surface area contributed by atoms with Gasteiger partial charge in [-0.1, -0.05) is 54.6 Å². The van der Waals surface area contributed by atoms with E-state index in [9.17, 15) is 18.0 Å². The van der Waals surface area contributed by atoms with Crippen LogP contribution >= 0.6 is 0 Å². The van der Waals surface area contributed by atoms with Gasteiger partial charge in [-0.05, 0) is 60.1 Å². The SMILES string of the molecule is CNCC/C=C\CO.O=Cc1ccc2c(-c3ccc(C(F)(F)F)cc3)cccc2c1. The molecule has 0 unspecified atom stereocenters. The van der Waals surface area contributed by atoms with Crippen molar-refractivity contribution < 1.29 is 23.1 Å². The highest BCUT2D eigenvalue weighted by Gasteiger charge is 2.30. The molecule has 158 valence electrons. The largest absolute Gasteiger partial charge is 0.416 e. The lowest BCUT2D eigenvalue weighted by atomic mass is 9.96. The topological polar surface area (TPSA) is 49.3 Å². The molecular formula is C24H24F3NO2. The maximum absolute atomic E-state index is 12.6. The second-order valence-corrected chi connectivity index (χ2v) is 6.53. The first kappa shape index (κ1) is 23.3. The van der Waals surface area contributed by atoms with E-state index < -0.39 is 11.7 Å². The van der Waals surface area contributed by atoms with Crippen LogP contribution in [0.1, 0.15) is 22.3 Å². The third kappa shape index (κ3) is 6.54. The summed E-state index contributed by atoms with van der Waals surface area (Å²) in [5.41, 5.74) is 1.44. The van der Waals surface area contributed by atoms with E-state index in [0.29, 0.717) is 11.1 Å². The standard InChI is InChI=1S/C18H11F3O.C6H13NO/c19-18(20,21)15-7-5-13(6-8-15)16-3-1-2-14-10-12(11-22)4-9-17(14)16;1-7-5-3-2-4-6-8/h1-11H;2,4,7-8H,3,5-6H2,1H3/b;4-2-. The number of hydrogen-bond acceptors (Lipinski definition) is 3. The molecule has 0 saturated carbocycles. The predicted molar refractivity (Wildman–Crippen MR) is 115 cm³/mol. The number of aliphatic hydroxyl groups excluding tert-OH is 1. The quantitative estimate of drug-likeness (QED) is 0.318. The van der Waals surface area contributed by atoms with Gasteiger partial charge in [-0.15, -0.1) is 0 Å². The summed E-state index contributed by atoms with van der Waals surface area (Å²) in [5, 5.41) is 13.0. The second kappa shape index (κ2) is 11.3. The average molecular weight is 415 g/mol. The lowest BCUT2D eigenvalue weighted by Crippen LogP contribution is -2.05. The van der Waals surface area contributed by atoms with Crippen LogP contribution in [0.4, 0.5) is 13.2 Å². The zero-order valence-corrected chi connectivity index (χ0v) is 16.6. The highest BCUT2D eigenvalue weighted by molar-refractivity contribution is 5.98. The van der Waals surface area contributed by atoms with Crippen molar-refractivity contribution in [1.82, 2.24) is 5.32 Å². The van der Waals surface area contributed by atoms with Crippen molar-refractivity contribution in [3.8, 4) is 11.1 Å². The molecule has 6 heteroatoms. The minimum Gasteiger partial charge on any atom is -0.392 e. The summed E-state index contributed by atoms with van der Waals surface area (Å²) in [4.78, 5) is 10.8. The number of carbonyl (C=O) groups is 1. The Morgan fingerprint density at radius 1 is 1.00 bits per heavy atom. The van der Waals surface area contributed by atoms with E-state index in [2.05, 4.69) is 5.32 Å². The molecule has 0 fully saturated rings. The normalized spacial score (nSPS) is 11.4. The van der Waals surface area contributed by atoms with Crippen molar-refractivity contribution in [1.29, 1.82) is 0 Å². The predicted octanol–water partition coefficient (Wildman–Crippen LogP) is 5.48. The molecule has 0 radical (unpaired) electrons. The monoisotopic (exact) mass is 415 g/mol. The average Bonchev–Trinajstić information content (AvgIpc) is 2.76. The van der Waals surface area contributed by atoms with E-state index in [4.69, 9.17) is 5.11 Å². The van der Waals surface area contributed by atoms with Crippen LogP contribution in [0.15, 0.2) is 72.8 Å². The van der Waals surface area contributed by atoms with E-state index in [0.717, 1.165) is 47.7 Å². The lowest BCUT2D eigenvalue weighted by molar-refractivity contribution is -0.137. The van der Waals surface area contributed by atoms with Gasteiger partial charge in [-0.25, -0.2) is 0 Å². The summed E-state index contributed by atoms with van der Waals surface area (Å²) in [6, 6.07) is 15.9. The molecule has 0 aromatic heterocycles. The molecule has 3 aromatic carbocycles. The van der Waals surface area contributed by atoms with E-state index in [1.54, 1.807) is 18.2 Å². The van der Waals surface area contributed by atoms with Gasteiger partial charge < -0.3 is 10.4 Å². The molecule has 0 atom stereocenters. The van der Waals surface area contributed by atoms with Crippen LogP contribution in [0.3, 0.4) is 0 Å². The number of alkyl halides is 3. The van der Waals surface area contributed by atoms with Crippen molar-refractivity contribution in [3.05, 3.63) is 83.9 Å². The number of benzene rings is 3. The van der Waals surface area contributed by atoms with Crippen LogP contribution < -0.4 is 5.32 Å². The third-order valence-corrected chi connectivity index (χ3v) is 4.40. The molecule has 0 aliphatic heterocycles. The smallest absolute Gasteiger partial charge is 0.392 e. The highest BCUT2D eigenvalue weighted by Crippen LogP contribution is 2.33. The first-order chi connectivity index (χ1) is 14.4. The molecule has 0 saturated heterocycles. The van der Waals surface area contributed by atoms with Gasteiger partial charge in [0, 0.05) is 5.56 Å². The Morgan fingerprint density at radius 2 is 1.73 bits per heavy atom. The molecule has 0 bridgehead atoms. The van der Waals surface area contributed by atoms with Gasteiger partial charge in [0.1, 0.15) is 6.29 Å². The number of carbonyl (C=O) groups excluding carboxylic acids is 1. The van der Waals surface area contributed by atoms with Crippen LogP contribution in [-0.2, 0) is 6.18 Å². The Balaban J connectivity index is 0.000000343. The summed E-state index contributed by atoms with van der Waals surface area (Å²) >= 11 is 0. The fraction of sp³-hybridized carbons (Fsp3) is 0.208. The molecule has 2 N–H and O–H groups in total. The van der Waals surface area contributed by atoms with Gasteiger partial charge in [-0.3, -0.25) is 4.79 Å². The summed E-state index contributed by atoms with van der Waals surface area (Å²) < 4.78 is 37.9. The number of rotatable bonds is 6. The van der Waals surface area contributed by atoms with Gasteiger partial charge in [0.25, 0.3) is 0 Å². The number of aliphatic hydroxyl groups is 1. The van der Waals surface area contributed by atoms with Gasteiger partial charge in [0.2, 0.25) is 0 Å². The molecule has 0 aliphatic rings. The number of nitrogens with one attached hydrogen (secondary N) is 1. The summed E-state index contributed by atoms with van der Waals surface area (Å²) in [6.45, 7) is 1.14. The van der Waals surface area contributed by atoms with Crippen LogP contribution in [0.2, 0.25) is 0 Å². The van der Waals surface area contributed by atoms with Crippen LogP contribution in [0.5, 0.6) is 0 Å². The molecule has 3 aromatic rings. The maximum Gasteiger partial charge on any atom is 0.416 e. The highest BCUT2D eigenvalue weighted by atomic mass is 19.4. The van der Waals surface area contributed by atoms with Crippen LogP contribution in [-0.4, -0.2) is 31.6 Å². The Morgan fingerprint density at radius 3 is 2.33 bits per heavy atom. The van der Waals surface area contributed by atoms with Crippen molar-refractivity contribution in [3.63, 3.8) is 0 Å². The van der Waals surface area contributed by atoms with Crippen molar-refractivity contribution in [2.45, 2.75) is 12.6 Å². The van der Waals surface area contributed by atoms with Crippen molar-refractivity contribution in [2.24, 2.45) is 0 Å². The van der Waals surface area contributed by atoms with Gasteiger partial charge in [0.15, 0.2) is 0 Å². The second-order valence-electron chi connectivity index (χ2n) is 6.53. The minimum absolute atomic E-state index is 0.156. The van der Waals surface area contributed by atoms with E-state index >= 15 is 0 Å². The number of hydrogen-bond donors (Lipinski definition) is 2. The van der Waals surface area contributed by atoms with Gasteiger partial charge in [-0.2, -0.15) is 13.2 Å². The summed E-state index contributed by atoms with van der Waals surface area (Å²) in [5.74, 6) is 0. The Labute approximate surface area is 173 Å². The van der Waals surface area contributed by atoms with Crippen LogP contribution in [0, 0.1) is 0 Å². The molecule has 3 nitrogen and oxygen atoms in total. The minimum atomic E-state index is -4.34. The zero-order valence-electron chi connectivity index (χ0n) is 16.6. The molecule has 0 aliphatic carbocycles.